The lowest BCUT2D eigenvalue weighted by Gasteiger charge is -2.07. The molecule has 0 spiro atoms. The number of hydrogen-bond donors (Lipinski definition) is 0. The van der Waals surface area contributed by atoms with Gasteiger partial charge in [-0.3, -0.25) is 9.59 Å². The Morgan fingerprint density at radius 1 is 0.964 bits per heavy atom. The Labute approximate surface area is 162 Å². The van der Waals surface area contributed by atoms with Gasteiger partial charge >= 0.3 is 0 Å². The molecule has 0 aliphatic carbocycles. The van der Waals surface area contributed by atoms with E-state index in [1.165, 1.54) is 0 Å². The molecule has 0 saturated heterocycles. The smallest absolute Gasteiger partial charge is 0.168 e. The van der Waals surface area contributed by atoms with Crippen molar-refractivity contribution in [2.75, 3.05) is 0 Å². The van der Waals surface area contributed by atoms with Gasteiger partial charge in [-0.2, -0.15) is 5.26 Å². The van der Waals surface area contributed by atoms with E-state index >= 15 is 0 Å². The number of ketones is 1. The lowest BCUT2D eigenvalue weighted by Crippen LogP contribution is -2.07. The van der Waals surface area contributed by atoms with Crippen LogP contribution < -0.4 is 0 Å². The molecule has 2 heterocycles. The van der Waals surface area contributed by atoms with Crippen molar-refractivity contribution in [1.82, 2.24) is 4.40 Å². The van der Waals surface area contributed by atoms with E-state index in [1.807, 2.05) is 59.1 Å². The first-order valence-electron chi connectivity index (χ1n) is 8.89. The highest BCUT2D eigenvalue weighted by Crippen LogP contribution is 2.33. The summed E-state index contributed by atoms with van der Waals surface area (Å²) >= 11 is 0. The van der Waals surface area contributed by atoms with Crippen LogP contribution in [0.1, 0.15) is 32.0 Å². The molecule has 0 fully saturated rings. The standard InChI is InChI=1S/C24H16N2O2/c25-15-17-9-11-18(12-10-17)23(28)14-22-24(19-6-2-1-3-7-19)20(16-27)21-8-4-5-13-26(21)22/h1-13,16H,14H2. The minimum absolute atomic E-state index is 0.0672. The molecular weight excluding hydrogens is 348 g/mol. The third-order valence-corrected chi connectivity index (χ3v) is 4.83. The van der Waals surface area contributed by atoms with Gasteiger partial charge in [-0.15, -0.1) is 0 Å². The molecule has 2 aromatic carbocycles. The molecule has 0 saturated carbocycles. The van der Waals surface area contributed by atoms with E-state index in [9.17, 15) is 9.59 Å². The topological polar surface area (TPSA) is 62.3 Å². The minimum Gasteiger partial charge on any atom is -0.319 e. The number of nitrogens with zero attached hydrogens (tertiary/aromatic N) is 2. The number of aromatic nitrogens is 1. The predicted octanol–water partition coefficient (Wildman–Crippen LogP) is 4.72. The van der Waals surface area contributed by atoms with Crippen LogP contribution in [0.25, 0.3) is 16.6 Å². The Kier molecular flexibility index (Phi) is 4.57. The molecule has 28 heavy (non-hydrogen) atoms. The van der Waals surface area contributed by atoms with Crippen LogP contribution in [0.4, 0.5) is 0 Å². The summed E-state index contributed by atoms with van der Waals surface area (Å²) in [6, 6.07) is 23.9. The van der Waals surface area contributed by atoms with Gasteiger partial charge in [-0.25, -0.2) is 0 Å². The molecule has 2 aromatic heterocycles. The largest absolute Gasteiger partial charge is 0.319 e. The van der Waals surface area contributed by atoms with Crippen molar-refractivity contribution in [3.63, 3.8) is 0 Å². The second-order valence-electron chi connectivity index (χ2n) is 6.46. The SMILES string of the molecule is N#Cc1ccc(C(=O)Cc2c(-c3ccccc3)c(C=O)c3ccccn23)cc1. The quantitative estimate of drug-likeness (QED) is 0.380. The molecule has 0 N–H and O–H groups in total. The molecule has 4 rings (SSSR count). The normalized spacial score (nSPS) is 10.5. The summed E-state index contributed by atoms with van der Waals surface area (Å²) in [7, 11) is 0. The summed E-state index contributed by atoms with van der Waals surface area (Å²) in [5.74, 6) is -0.0672. The molecule has 4 aromatic rings. The molecule has 0 bridgehead atoms. The molecule has 0 aliphatic heterocycles. The first-order valence-corrected chi connectivity index (χ1v) is 8.89. The first kappa shape index (κ1) is 17.4. The third-order valence-electron chi connectivity index (χ3n) is 4.83. The number of Topliss-reactive ketones (excluding diaryl/α,β-unsaturated/α-hetero) is 1. The highest BCUT2D eigenvalue weighted by atomic mass is 16.1. The summed E-state index contributed by atoms with van der Waals surface area (Å²) in [4.78, 5) is 24.9. The Morgan fingerprint density at radius 2 is 1.68 bits per heavy atom. The van der Waals surface area contributed by atoms with Crippen LogP contribution in [0.2, 0.25) is 0 Å². The van der Waals surface area contributed by atoms with Gasteiger partial charge in [0.25, 0.3) is 0 Å². The Balaban J connectivity index is 1.87. The van der Waals surface area contributed by atoms with Gasteiger partial charge in [0, 0.05) is 28.6 Å². The van der Waals surface area contributed by atoms with Crippen molar-refractivity contribution in [3.8, 4) is 17.2 Å². The summed E-state index contributed by atoms with van der Waals surface area (Å²) in [5, 5.41) is 8.94. The summed E-state index contributed by atoms with van der Waals surface area (Å²) < 4.78 is 1.91. The summed E-state index contributed by atoms with van der Waals surface area (Å²) in [5.41, 5.74) is 4.86. The fourth-order valence-corrected chi connectivity index (χ4v) is 3.51. The molecule has 0 radical (unpaired) electrons. The molecule has 4 heteroatoms. The van der Waals surface area contributed by atoms with Crippen LogP contribution in [-0.2, 0) is 6.42 Å². The fourth-order valence-electron chi connectivity index (χ4n) is 3.51. The number of carbonyl (C=O) groups excluding carboxylic acids is 2. The average molecular weight is 364 g/mol. The fraction of sp³-hybridized carbons (Fsp3) is 0.0417. The third kappa shape index (κ3) is 3.00. The van der Waals surface area contributed by atoms with Crippen LogP contribution in [0.3, 0.4) is 0 Å². The maximum Gasteiger partial charge on any atom is 0.168 e. The van der Waals surface area contributed by atoms with E-state index < -0.39 is 0 Å². The van der Waals surface area contributed by atoms with E-state index in [2.05, 4.69) is 6.07 Å². The van der Waals surface area contributed by atoms with E-state index in [1.54, 1.807) is 24.3 Å². The second-order valence-corrected chi connectivity index (χ2v) is 6.46. The van der Waals surface area contributed by atoms with E-state index in [0.717, 1.165) is 28.6 Å². The number of carbonyl (C=O) groups is 2. The zero-order valence-electron chi connectivity index (χ0n) is 15.0. The number of rotatable bonds is 5. The van der Waals surface area contributed by atoms with Crippen LogP contribution in [-0.4, -0.2) is 16.5 Å². The molecule has 0 amide bonds. The lowest BCUT2D eigenvalue weighted by atomic mass is 9.97. The van der Waals surface area contributed by atoms with E-state index in [-0.39, 0.29) is 12.2 Å². The number of benzene rings is 2. The van der Waals surface area contributed by atoms with Gasteiger partial charge < -0.3 is 4.40 Å². The van der Waals surface area contributed by atoms with Crippen molar-refractivity contribution in [2.24, 2.45) is 0 Å². The van der Waals surface area contributed by atoms with Gasteiger partial charge in [0.1, 0.15) is 0 Å². The van der Waals surface area contributed by atoms with Crippen molar-refractivity contribution < 1.29 is 9.59 Å². The average Bonchev–Trinajstić information content (AvgIpc) is 3.07. The van der Waals surface area contributed by atoms with Gasteiger partial charge in [0.15, 0.2) is 12.1 Å². The van der Waals surface area contributed by atoms with E-state index in [0.29, 0.717) is 16.7 Å². The van der Waals surface area contributed by atoms with Crippen LogP contribution in [0.15, 0.2) is 79.0 Å². The monoisotopic (exact) mass is 364 g/mol. The second kappa shape index (κ2) is 7.34. The Morgan fingerprint density at radius 3 is 2.36 bits per heavy atom. The van der Waals surface area contributed by atoms with E-state index in [4.69, 9.17) is 5.26 Å². The van der Waals surface area contributed by atoms with Crippen molar-refractivity contribution in [1.29, 1.82) is 5.26 Å². The number of nitriles is 1. The van der Waals surface area contributed by atoms with Gasteiger partial charge in [-0.05, 0) is 29.8 Å². The first-order chi connectivity index (χ1) is 13.7. The number of hydrogen-bond acceptors (Lipinski definition) is 3. The minimum atomic E-state index is -0.0672. The van der Waals surface area contributed by atoms with Crippen molar-refractivity contribution in [3.05, 3.63) is 101 Å². The van der Waals surface area contributed by atoms with Crippen LogP contribution in [0.5, 0.6) is 0 Å². The van der Waals surface area contributed by atoms with Gasteiger partial charge in [0.05, 0.1) is 23.6 Å². The number of pyridine rings is 1. The van der Waals surface area contributed by atoms with Crippen molar-refractivity contribution >= 4 is 17.6 Å². The summed E-state index contributed by atoms with van der Waals surface area (Å²) in [6.07, 6.45) is 2.87. The maximum atomic E-state index is 13.0. The zero-order chi connectivity index (χ0) is 19.5. The molecule has 4 nitrogen and oxygen atoms in total. The van der Waals surface area contributed by atoms with Crippen molar-refractivity contribution in [2.45, 2.75) is 6.42 Å². The molecule has 0 aliphatic rings. The molecular formula is C24H16N2O2. The molecule has 134 valence electrons. The molecule has 0 atom stereocenters. The number of fused-ring (bicyclic) bond motifs is 1. The summed E-state index contributed by atoms with van der Waals surface area (Å²) in [6.45, 7) is 0. The van der Waals surface area contributed by atoms with Crippen LogP contribution in [0, 0.1) is 11.3 Å². The highest BCUT2D eigenvalue weighted by molar-refractivity contribution is 6.02. The Hall–Kier alpha value is -3.97. The zero-order valence-corrected chi connectivity index (χ0v) is 15.0. The van der Waals surface area contributed by atoms with Gasteiger partial charge in [-0.1, -0.05) is 48.5 Å². The molecule has 0 unspecified atom stereocenters. The maximum absolute atomic E-state index is 13.0. The Bertz CT molecular complexity index is 1210. The predicted molar refractivity (Wildman–Crippen MR) is 107 cm³/mol. The van der Waals surface area contributed by atoms with Gasteiger partial charge in [0.2, 0.25) is 0 Å². The number of aldehydes is 1. The van der Waals surface area contributed by atoms with Crippen LogP contribution >= 0.6 is 0 Å². The highest BCUT2D eigenvalue weighted by Gasteiger charge is 2.21. The lowest BCUT2D eigenvalue weighted by molar-refractivity contribution is 0.0991.